The van der Waals surface area contributed by atoms with Crippen LogP contribution in [0.5, 0.6) is 0 Å². The number of unbranched alkanes of at least 4 members (excludes halogenated alkanes) is 1. The van der Waals surface area contributed by atoms with Crippen molar-refractivity contribution in [1.82, 2.24) is 0 Å². The summed E-state index contributed by atoms with van der Waals surface area (Å²) in [6.07, 6.45) is 4.92. The van der Waals surface area contributed by atoms with Crippen LogP contribution >= 0.6 is 0 Å². The lowest BCUT2D eigenvalue weighted by Crippen LogP contribution is -2.10. The highest BCUT2D eigenvalue weighted by Gasteiger charge is 2.21. The normalized spacial score (nSPS) is 19.2. The molecule has 1 fully saturated rings. The Morgan fingerprint density at radius 2 is 2.24 bits per heavy atom. The van der Waals surface area contributed by atoms with Gasteiger partial charge in [-0.2, -0.15) is 0 Å². The Morgan fingerprint density at radius 3 is 2.88 bits per heavy atom. The van der Waals surface area contributed by atoms with Crippen LogP contribution in [0, 0.1) is 0 Å². The highest BCUT2D eigenvalue weighted by atomic mass is 16.6. The molecule has 0 aliphatic carbocycles. The number of allylic oxidation sites excluding steroid dienone is 1. The number of carbonyl (C=O) groups is 1. The van der Waals surface area contributed by atoms with E-state index in [-0.39, 0.29) is 5.97 Å². The van der Waals surface area contributed by atoms with E-state index in [1.165, 1.54) is 0 Å². The van der Waals surface area contributed by atoms with E-state index in [4.69, 9.17) is 14.2 Å². The number of ether oxygens (including phenoxy) is 3. The van der Waals surface area contributed by atoms with Gasteiger partial charge in [-0.05, 0) is 13.3 Å². The summed E-state index contributed by atoms with van der Waals surface area (Å²) in [4.78, 5) is 11.4. The smallest absolute Gasteiger partial charge is 0.333 e. The molecule has 0 amide bonds. The van der Waals surface area contributed by atoms with E-state index < -0.39 is 0 Å². The number of rotatable bonds is 9. The lowest BCUT2D eigenvalue weighted by atomic mass is 10.2. The zero-order valence-corrected chi connectivity index (χ0v) is 10.7. The largest absolute Gasteiger partial charge is 0.462 e. The molecule has 0 spiro atoms. The molecule has 0 radical (unpaired) electrons. The van der Waals surface area contributed by atoms with Crippen molar-refractivity contribution in [1.29, 1.82) is 0 Å². The van der Waals surface area contributed by atoms with Crippen LogP contribution in [0.15, 0.2) is 11.6 Å². The van der Waals surface area contributed by atoms with E-state index in [0.717, 1.165) is 25.9 Å². The topological polar surface area (TPSA) is 48.1 Å². The van der Waals surface area contributed by atoms with Gasteiger partial charge in [0.2, 0.25) is 0 Å². The van der Waals surface area contributed by atoms with E-state index in [9.17, 15) is 4.79 Å². The molecule has 1 atom stereocenters. The predicted molar refractivity (Wildman–Crippen MR) is 64.8 cm³/mol. The maximum Gasteiger partial charge on any atom is 0.333 e. The van der Waals surface area contributed by atoms with Crippen molar-refractivity contribution < 1.29 is 19.0 Å². The first-order chi connectivity index (χ1) is 8.24. The van der Waals surface area contributed by atoms with Crippen LogP contribution in [0.4, 0.5) is 0 Å². The van der Waals surface area contributed by atoms with Gasteiger partial charge in [-0.3, -0.25) is 0 Å². The Bertz CT molecular complexity index is 256. The molecule has 1 saturated heterocycles. The molecule has 1 heterocycles. The minimum Gasteiger partial charge on any atom is -0.462 e. The van der Waals surface area contributed by atoms with Crippen molar-refractivity contribution in [3.05, 3.63) is 11.6 Å². The van der Waals surface area contributed by atoms with Crippen molar-refractivity contribution in [2.75, 3.05) is 26.4 Å². The fourth-order valence-corrected chi connectivity index (χ4v) is 1.26. The maximum atomic E-state index is 11.4. The summed E-state index contributed by atoms with van der Waals surface area (Å²) in [6, 6.07) is 0. The molecule has 17 heavy (non-hydrogen) atoms. The van der Waals surface area contributed by atoms with Crippen molar-refractivity contribution in [2.24, 2.45) is 0 Å². The predicted octanol–water partition coefficient (Wildman–Crippen LogP) is 2.08. The summed E-state index contributed by atoms with van der Waals surface area (Å²) in [7, 11) is 0. The molecule has 0 aromatic heterocycles. The highest BCUT2D eigenvalue weighted by Crippen LogP contribution is 2.08. The fraction of sp³-hybridized carbons (Fsp3) is 0.769. The van der Waals surface area contributed by atoms with Crippen LogP contribution in [0.25, 0.3) is 0 Å². The van der Waals surface area contributed by atoms with Gasteiger partial charge in [0.1, 0.15) is 6.10 Å². The van der Waals surface area contributed by atoms with Gasteiger partial charge >= 0.3 is 5.97 Å². The van der Waals surface area contributed by atoms with Crippen molar-refractivity contribution >= 4 is 5.97 Å². The van der Waals surface area contributed by atoms with Crippen LogP contribution in [0.3, 0.4) is 0 Å². The maximum absolute atomic E-state index is 11.4. The van der Waals surface area contributed by atoms with E-state index in [1.807, 2.05) is 6.08 Å². The zero-order valence-electron chi connectivity index (χ0n) is 10.7. The number of hydrogen-bond donors (Lipinski definition) is 0. The monoisotopic (exact) mass is 242 g/mol. The van der Waals surface area contributed by atoms with Gasteiger partial charge in [0, 0.05) is 18.6 Å². The summed E-state index contributed by atoms with van der Waals surface area (Å²) >= 11 is 0. The van der Waals surface area contributed by atoms with Crippen LogP contribution in [0.1, 0.15) is 33.1 Å². The van der Waals surface area contributed by atoms with Crippen LogP contribution in [-0.4, -0.2) is 38.5 Å². The third-order valence-electron chi connectivity index (χ3n) is 2.43. The molecule has 98 valence electrons. The second-order valence-corrected chi connectivity index (χ2v) is 4.20. The quantitative estimate of drug-likeness (QED) is 0.269. The molecular formula is C13H22O4. The van der Waals surface area contributed by atoms with E-state index in [2.05, 4.69) is 6.92 Å². The minimum atomic E-state index is -0.219. The van der Waals surface area contributed by atoms with Gasteiger partial charge < -0.3 is 14.2 Å². The third-order valence-corrected chi connectivity index (χ3v) is 2.43. The molecule has 1 unspecified atom stereocenters. The zero-order chi connectivity index (χ0) is 12.5. The lowest BCUT2D eigenvalue weighted by Gasteiger charge is -2.05. The van der Waals surface area contributed by atoms with E-state index >= 15 is 0 Å². The average molecular weight is 242 g/mol. The van der Waals surface area contributed by atoms with Gasteiger partial charge in [-0.15, -0.1) is 0 Å². The van der Waals surface area contributed by atoms with Gasteiger partial charge in [0.15, 0.2) is 0 Å². The van der Waals surface area contributed by atoms with Crippen molar-refractivity contribution in [3.8, 4) is 0 Å². The standard InChI is InChI=1S/C13H22O4/c1-3-4-6-11(2)13(14)16-8-5-7-15-9-12-10-17-12/h6,12H,3-5,7-10H2,1-2H3. The fourth-order valence-electron chi connectivity index (χ4n) is 1.26. The molecule has 0 aromatic carbocycles. The summed E-state index contributed by atoms with van der Waals surface area (Å²) in [5.41, 5.74) is 0.694. The second kappa shape index (κ2) is 8.25. The molecule has 1 aliphatic rings. The van der Waals surface area contributed by atoms with Crippen molar-refractivity contribution in [2.45, 2.75) is 39.2 Å². The second-order valence-electron chi connectivity index (χ2n) is 4.20. The lowest BCUT2D eigenvalue weighted by molar-refractivity contribution is -0.139. The summed E-state index contributed by atoms with van der Waals surface area (Å²) in [5.74, 6) is -0.219. The summed E-state index contributed by atoms with van der Waals surface area (Å²) in [5, 5.41) is 0. The first-order valence-electron chi connectivity index (χ1n) is 6.27. The first kappa shape index (κ1) is 14.2. The van der Waals surface area contributed by atoms with Gasteiger partial charge in [0.25, 0.3) is 0 Å². The SMILES string of the molecule is CCCC=C(C)C(=O)OCCCOCC1CO1. The average Bonchev–Trinajstić information content (AvgIpc) is 3.14. The number of hydrogen-bond acceptors (Lipinski definition) is 4. The number of esters is 1. The van der Waals surface area contributed by atoms with Gasteiger partial charge in [-0.25, -0.2) is 4.79 Å². The van der Waals surface area contributed by atoms with Crippen LogP contribution in [-0.2, 0) is 19.0 Å². The van der Waals surface area contributed by atoms with E-state index in [1.54, 1.807) is 6.92 Å². The van der Waals surface area contributed by atoms with Gasteiger partial charge in [0.05, 0.1) is 19.8 Å². The molecule has 0 N–H and O–H groups in total. The van der Waals surface area contributed by atoms with Crippen molar-refractivity contribution in [3.63, 3.8) is 0 Å². The molecule has 4 nitrogen and oxygen atoms in total. The Hall–Kier alpha value is -0.870. The van der Waals surface area contributed by atoms with Crippen LogP contribution in [0.2, 0.25) is 0 Å². The summed E-state index contributed by atoms with van der Waals surface area (Å²) < 4.78 is 15.4. The third kappa shape index (κ3) is 7.13. The molecule has 0 aromatic rings. The number of epoxide rings is 1. The first-order valence-corrected chi connectivity index (χ1v) is 6.27. The molecule has 0 bridgehead atoms. The molecule has 1 aliphatic heterocycles. The van der Waals surface area contributed by atoms with Gasteiger partial charge in [-0.1, -0.05) is 19.4 Å². The Balaban J connectivity index is 1.94. The summed E-state index contributed by atoms with van der Waals surface area (Å²) in [6.45, 7) is 6.38. The van der Waals surface area contributed by atoms with E-state index in [0.29, 0.717) is 31.5 Å². The molecule has 4 heteroatoms. The minimum absolute atomic E-state index is 0.219. The molecule has 1 rings (SSSR count). The van der Waals surface area contributed by atoms with Crippen LogP contribution < -0.4 is 0 Å². The highest BCUT2D eigenvalue weighted by molar-refractivity contribution is 5.87. The Kier molecular flexibility index (Phi) is 6.89. The Morgan fingerprint density at radius 1 is 1.47 bits per heavy atom. The number of carbonyl (C=O) groups excluding carboxylic acids is 1. The molecule has 0 saturated carbocycles. The Labute approximate surface area is 103 Å². The molecular weight excluding hydrogens is 220 g/mol.